The van der Waals surface area contributed by atoms with Gasteiger partial charge in [-0.05, 0) is 31.7 Å². The van der Waals surface area contributed by atoms with Gasteiger partial charge in [-0.3, -0.25) is 0 Å². The lowest BCUT2D eigenvalue weighted by molar-refractivity contribution is 0.165. The van der Waals surface area contributed by atoms with Crippen LogP contribution in [0.4, 0.5) is 0 Å². The van der Waals surface area contributed by atoms with Crippen LogP contribution in [0.25, 0.3) is 0 Å². The molecular formula is C16H33N. The fourth-order valence-electron chi connectivity index (χ4n) is 3.47. The van der Waals surface area contributed by atoms with Crippen LogP contribution in [0.15, 0.2) is 0 Å². The van der Waals surface area contributed by atoms with Crippen LogP contribution in [-0.2, 0) is 0 Å². The second-order valence-corrected chi connectivity index (χ2v) is 6.11. The van der Waals surface area contributed by atoms with E-state index in [1.165, 1.54) is 83.6 Å². The standard InChI is InChI=1S/C16H33N/c1-3-4-5-6-7-9-12-16(15-17-2)13-10-8-11-14-16/h17H,3-15H2,1-2H3. The summed E-state index contributed by atoms with van der Waals surface area (Å²) in [6.45, 7) is 3.55. The van der Waals surface area contributed by atoms with Crippen molar-refractivity contribution < 1.29 is 0 Å². The Morgan fingerprint density at radius 3 is 2.18 bits per heavy atom. The zero-order chi connectivity index (χ0) is 12.4. The predicted octanol–water partition coefficient (Wildman–Crippen LogP) is 4.91. The lowest BCUT2D eigenvalue weighted by Gasteiger charge is -2.37. The fraction of sp³-hybridized carbons (Fsp3) is 1.00. The molecule has 1 N–H and O–H groups in total. The molecule has 1 aliphatic carbocycles. The normalized spacial score (nSPS) is 19.4. The van der Waals surface area contributed by atoms with Gasteiger partial charge in [0, 0.05) is 6.54 Å². The quantitative estimate of drug-likeness (QED) is 0.564. The van der Waals surface area contributed by atoms with Gasteiger partial charge >= 0.3 is 0 Å². The van der Waals surface area contributed by atoms with E-state index in [2.05, 4.69) is 19.3 Å². The minimum absolute atomic E-state index is 0.664. The molecule has 0 amide bonds. The minimum atomic E-state index is 0.664. The van der Waals surface area contributed by atoms with Crippen molar-refractivity contribution in [3.8, 4) is 0 Å². The number of hydrogen-bond acceptors (Lipinski definition) is 1. The average molecular weight is 239 g/mol. The summed E-state index contributed by atoms with van der Waals surface area (Å²) in [6.07, 6.45) is 17.5. The van der Waals surface area contributed by atoms with Gasteiger partial charge in [0.25, 0.3) is 0 Å². The van der Waals surface area contributed by atoms with Crippen molar-refractivity contribution in [3.63, 3.8) is 0 Å². The van der Waals surface area contributed by atoms with Crippen LogP contribution in [0.3, 0.4) is 0 Å². The molecule has 0 saturated heterocycles. The van der Waals surface area contributed by atoms with Crippen LogP contribution in [0.2, 0.25) is 0 Å². The van der Waals surface area contributed by atoms with Crippen molar-refractivity contribution >= 4 is 0 Å². The summed E-state index contributed by atoms with van der Waals surface area (Å²) in [5, 5.41) is 3.44. The van der Waals surface area contributed by atoms with E-state index >= 15 is 0 Å². The Labute approximate surface area is 109 Å². The van der Waals surface area contributed by atoms with Crippen LogP contribution < -0.4 is 5.32 Å². The molecule has 1 saturated carbocycles. The van der Waals surface area contributed by atoms with Gasteiger partial charge in [-0.25, -0.2) is 0 Å². The maximum atomic E-state index is 3.44. The van der Waals surface area contributed by atoms with Crippen LogP contribution in [0.1, 0.15) is 84.0 Å². The maximum absolute atomic E-state index is 3.44. The SMILES string of the molecule is CCCCCCCCC1(CNC)CCCCC1. The van der Waals surface area contributed by atoms with Gasteiger partial charge < -0.3 is 5.32 Å². The molecule has 0 aromatic heterocycles. The second-order valence-electron chi connectivity index (χ2n) is 6.11. The molecule has 1 rings (SSSR count). The van der Waals surface area contributed by atoms with Gasteiger partial charge in [0.1, 0.15) is 0 Å². The molecule has 0 heterocycles. The minimum Gasteiger partial charge on any atom is -0.319 e. The van der Waals surface area contributed by atoms with Crippen molar-refractivity contribution in [3.05, 3.63) is 0 Å². The van der Waals surface area contributed by atoms with E-state index in [0.29, 0.717) is 5.41 Å². The van der Waals surface area contributed by atoms with E-state index < -0.39 is 0 Å². The summed E-state index contributed by atoms with van der Waals surface area (Å²) in [7, 11) is 2.12. The van der Waals surface area contributed by atoms with Gasteiger partial charge in [0.2, 0.25) is 0 Å². The van der Waals surface area contributed by atoms with Crippen molar-refractivity contribution in [1.82, 2.24) is 5.32 Å². The third-order valence-electron chi connectivity index (χ3n) is 4.53. The summed E-state index contributed by atoms with van der Waals surface area (Å²) >= 11 is 0. The Bertz CT molecular complexity index is 165. The average Bonchev–Trinajstić information content (AvgIpc) is 2.35. The fourth-order valence-corrected chi connectivity index (χ4v) is 3.47. The Morgan fingerprint density at radius 1 is 0.882 bits per heavy atom. The molecule has 0 radical (unpaired) electrons. The monoisotopic (exact) mass is 239 g/mol. The first-order valence-corrected chi connectivity index (χ1v) is 7.97. The molecule has 0 spiro atoms. The lowest BCUT2D eigenvalue weighted by Crippen LogP contribution is -2.34. The molecule has 1 fully saturated rings. The predicted molar refractivity (Wildman–Crippen MR) is 77.4 cm³/mol. The number of rotatable bonds is 9. The van der Waals surface area contributed by atoms with Crippen molar-refractivity contribution in [2.45, 2.75) is 84.0 Å². The summed E-state index contributed by atoms with van der Waals surface area (Å²) in [4.78, 5) is 0. The highest BCUT2D eigenvalue weighted by molar-refractivity contribution is 4.84. The van der Waals surface area contributed by atoms with Crippen molar-refractivity contribution in [1.29, 1.82) is 0 Å². The molecule has 0 aromatic rings. The van der Waals surface area contributed by atoms with Gasteiger partial charge in [0.05, 0.1) is 0 Å². The van der Waals surface area contributed by atoms with Crippen LogP contribution in [0.5, 0.6) is 0 Å². The molecular weight excluding hydrogens is 206 g/mol. The first-order valence-electron chi connectivity index (χ1n) is 7.97. The molecule has 1 heteroatoms. The van der Waals surface area contributed by atoms with E-state index in [1.54, 1.807) is 0 Å². The molecule has 0 unspecified atom stereocenters. The highest BCUT2D eigenvalue weighted by atomic mass is 14.8. The maximum Gasteiger partial charge on any atom is 0.000480 e. The van der Waals surface area contributed by atoms with Gasteiger partial charge in [-0.2, -0.15) is 0 Å². The number of hydrogen-bond donors (Lipinski definition) is 1. The Kier molecular flexibility index (Phi) is 7.92. The molecule has 1 nitrogen and oxygen atoms in total. The summed E-state index contributed by atoms with van der Waals surface area (Å²) < 4.78 is 0. The van der Waals surface area contributed by atoms with Gasteiger partial charge in [-0.15, -0.1) is 0 Å². The van der Waals surface area contributed by atoms with E-state index in [9.17, 15) is 0 Å². The largest absolute Gasteiger partial charge is 0.319 e. The Balaban J connectivity index is 2.15. The molecule has 102 valence electrons. The van der Waals surface area contributed by atoms with Crippen molar-refractivity contribution in [2.24, 2.45) is 5.41 Å². The van der Waals surface area contributed by atoms with Crippen LogP contribution in [-0.4, -0.2) is 13.6 Å². The molecule has 0 aromatic carbocycles. The Morgan fingerprint density at radius 2 is 1.53 bits per heavy atom. The molecule has 17 heavy (non-hydrogen) atoms. The highest BCUT2D eigenvalue weighted by Gasteiger charge is 2.30. The first kappa shape index (κ1) is 15.0. The lowest BCUT2D eigenvalue weighted by atomic mass is 9.71. The molecule has 0 bridgehead atoms. The van der Waals surface area contributed by atoms with Crippen LogP contribution >= 0.6 is 0 Å². The third kappa shape index (κ3) is 5.90. The van der Waals surface area contributed by atoms with Crippen LogP contribution in [0, 0.1) is 5.41 Å². The number of nitrogens with one attached hydrogen (secondary N) is 1. The molecule has 0 aliphatic heterocycles. The Hall–Kier alpha value is -0.0400. The van der Waals surface area contributed by atoms with E-state index in [0.717, 1.165) is 0 Å². The zero-order valence-electron chi connectivity index (χ0n) is 12.2. The second kappa shape index (κ2) is 8.97. The van der Waals surface area contributed by atoms with Crippen molar-refractivity contribution in [2.75, 3.05) is 13.6 Å². The first-order chi connectivity index (χ1) is 8.33. The molecule has 0 atom stereocenters. The summed E-state index contributed by atoms with van der Waals surface area (Å²) in [5.74, 6) is 0. The van der Waals surface area contributed by atoms with E-state index in [-0.39, 0.29) is 0 Å². The van der Waals surface area contributed by atoms with E-state index in [4.69, 9.17) is 0 Å². The number of unbranched alkanes of at least 4 members (excludes halogenated alkanes) is 5. The topological polar surface area (TPSA) is 12.0 Å². The zero-order valence-corrected chi connectivity index (χ0v) is 12.2. The smallest absolute Gasteiger partial charge is 0.000480 e. The van der Waals surface area contributed by atoms with Gasteiger partial charge in [0.15, 0.2) is 0 Å². The summed E-state index contributed by atoms with van der Waals surface area (Å²) in [6, 6.07) is 0. The summed E-state index contributed by atoms with van der Waals surface area (Å²) in [5.41, 5.74) is 0.664. The molecule has 1 aliphatic rings. The highest BCUT2D eigenvalue weighted by Crippen LogP contribution is 2.40. The third-order valence-corrected chi connectivity index (χ3v) is 4.53. The van der Waals surface area contributed by atoms with E-state index in [1.807, 2.05) is 0 Å². The van der Waals surface area contributed by atoms with Gasteiger partial charge in [-0.1, -0.05) is 64.7 Å².